The maximum atomic E-state index is 13.3. The van der Waals surface area contributed by atoms with Crippen molar-refractivity contribution in [2.75, 3.05) is 0 Å². The average Bonchev–Trinajstić information content (AvgIpc) is 2.93. The second-order valence-corrected chi connectivity index (χ2v) is 11.6. The van der Waals surface area contributed by atoms with Crippen LogP contribution in [-0.4, -0.2) is 0 Å². The summed E-state index contributed by atoms with van der Waals surface area (Å²) in [6, 6.07) is 10.6. The van der Waals surface area contributed by atoms with Crippen LogP contribution in [0, 0.1) is 23.7 Å². The molecular formula is C32H40F6O. The molecule has 0 saturated heterocycles. The molecule has 0 aliphatic heterocycles. The number of benzene rings is 2. The van der Waals surface area contributed by atoms with Gasteiger partial charge in [0, 0.05) is 0 Å². The molecule has 2 aromatic carbocycles. The molecule has 0 spiro atoms. The van der Waals surface area contributed by atoms with Crippen LogP contribution in [-0.2, 0) is 17.1 Å². The van der Waals surface area contributed by atoms with E-state index < -0.39 is 35.7 Å². The van der Waals surface area contributed by atoms with Gasteiger partial charge in [0.05, 0.1) is 23.3 Å². The topological polar surface area (TPSA) is 9.23 Å². The normalized spacial score (nSPS) is 26.3. The second-order valence-electron chi connectivity index (χ2n) is 11.6. The first-order valence-electron chi connectivity index (χ1n) is 14.5. The van der Waals surface area contributed by atoms with Gasteiger partial charge in [-0.1, -0.05) is 76.6 Å². The zero-order valence-electron chi connectivity index (χ0n) is 22.8. The quantitative estimate of drug-likeness (QED) is 0.295. The summed E-state index contributed by atoms with van der Waals surface area (Å²) in [5, 5.41) is 0. The maximum Gasteiger partial charge on any atom is 0.416 e. The van der Waals surface area contributed by atoms with Crippen LogP contribution in [0.5, 0.6) is 0 Å². The Balaban J connectivity index is 1.67. The molecular weight excluding hydrogens is 514 g/mol. The van der Waals surface area contributed by atoms with Crippen LogP contribution >= 0.6 is 0 Å². The molecule has 1 nitrogen and oxygen atoms in total. The first-order chi connectivity index (χ1) is 18.5. The molecule has 2 aliphatic carbocycles. The molecule has 2 unspecified atom stereocenters. The number of hydrogen-bond donors (Lipinski definition) is 0. The largest absolute Gasteiger partial charge is 0.416 e. The Bertz CT molecular complexity index is 927. The van der Waals surface area contributed by atoms with Gasteiger partial charge in [-0.15, -0.1) is 0 Å². The van der Waals surface area contributed by atoms with E-state index in [1.807, 2.05) is 0 Å². The van der Waals surface area contributed by atoms with E-state index in [1.54, 1.807) is 0 Å². The molecule has 0 N–H and O–H groups in total. The van der Waals surface area contributed by atoms with E-state index >= 15 is 0 Å². The van der Waals surface area contributed by atoms with Crippen LogP contribution in [0.25, 0.3) is 0 Å². The second kappa shape index (κ2) is 12.7. The van der Waals surface area contributed by atoms with E-state index in [0.717, 1.165) is 88.5 Å². The highest BCUT2D eigenvalue weighted by Gasteiger charge is 2.37. The molecule has 2 fully saturated rings. The number of halogens is 6. The monoisotopic (exact) mass is 554 g/mol. The Morgan fingerprint density at radius 1 is 0.564 bits per heavy atom. The highest BCUT2D eigenvalue weighted by Crippen LogP contribution is 2.47. The van der Waals surface area contributed by atoms with Crippen molar-refractivity contribution >= 4 is 0 Å². The predicted octanol–water partition coefficient (Wildman–Crippen LogP) is 11.0. The molecule has 2 saturated carbocycles. The minimum Gasteiger partial charge on any atom is -0.365 e. The van der Waals surface area contributed by atoms with Gasteiger partial charge in [-0.25, -0.2) is 0 Å². The summed E-state index contributed by atoms with van der Waals surface area (Å²) < 4.78 is 86.7. The van der Waals surface area contributed by atoms with Gasteiger partial charge in [0.25, 0.3) is 0 Å². The van der Waals surface area contributed by atoms with E-state index in [1.165, 1.54) is 24.3 Å². The molecule has 2 aliphatic rings. The molecule has 0 amide bonds. The number of rotatable bonds is 8. The van der Waals surface area contributed by atoms with Crippen molar-refractivity contribution in [2.45, 2.75) is 103 Å². The van der Waals surface area contributed by atoms with Gasteiger partial charge in [-0.2, -0.15) is 26.3 Å². The lowest BCUT2D eigenvalue weighted by Crippen LogP contribution is -2.28. The van der Waals surface area contributed by atoms with Crippen LogP contribution in [0.1, 0.15) is 113 Å². The van der Waals surface area contributed by atoms with Crippen LogP contribution in [0.4, 0.5) is 26.3 Å². The van der Waals surface area contributed by atoms with Gasteiger partial charge in [0.15, 0.2) is 0 Å². The van der Waals surface area contributed by atoms with Crippen molar-refractivity contribution in [1.82, 2.24) is 0 Å². The fraction of sp³-hybridized carbons (Fsp3) is 0.625. The number of ether oxygens (including phenoxy) is 1. The molecule has 7 heteroatoms. The molecule has 4 rings (SSSR count). The van der Waals surface area contributed by atoms with Gasteiger partial charge in [0.2, 0.25) is 0 Å². The van der Waals surface area contributed by atoms with Gasteiger partial charge < -0.3 is 4.74 Å². The van der Waals surface area contributed by atoms with E-state index in [9.17, 15) is 26.3 Å². The van der Waals surface area contributed by atoms with Crippen molar-refractivity contribution in [1.29, 1.82) is 0 Å². The smallest absolute Gasteiger partial charge is 0.365 e. The molecule has 2 atom stereocenters. The van der Waals surface area contributed by atoms with Crippen LogP contribution in [0.2, 0.25) is 0 Å². The highest BCUT2D eigenvalue weighted by molar-refractivity contribution is 5.29. The van der Waals surface area contributed by atoms with Gasteiger partial charge in [-0.05, 0) is 84.7 Å². The lowest BCUT2D eigenvalue weighted by molar-refractivity contribution is -0.138. The predicted molar refractivity (Wildman–Crippen MR) is 141 cm³/mol. The van der Waals surface area contributed by atoms with Gasteiger partial charge in [0.1, 0.15) is 0 Å². The van der Waals surface area contributed by atoms with E-state index in [2.05, 4.69) is 13.8 Å². The van der Waals surface area contributed by atoms with Crippen molar-refractivity contribution in [3.05, 3.63) is 70.8 Å². The highest BCUT2D eigenvalue weighted by atomic mass is 19.4. The standard InChI is InChI=1S/C32H40F6O/c1-3-21-5-9-23(10-6-21)29(25-13-17-27(18-14-25)31(33,34)35)39-30(24-11-7-22(4-2)8-12-24)26-15-19-28(20-16-26)32(36,37)38/h13-24,29-30H,3-12H2,1-2H3. The summed E-state index contributed by atoms with van der Waals surface area (Å²) >= 11 is 0. The zero-order chi connectivity index (χ0) is 28.2. The summed E-state index contributed by atoms with van der Waals surface area (Å²) in [6.07, 6.45) is 0.426. The first-order valence-corrected chi connectivity index (χ1v) is 14.5. The van der Waals surface area contributed by atoms with E-state index in [4.69, 9.17) is 4.74 Å². The lowest BCUT2D eigenvalue weighted by Gasteiger charge is -2.40. The number of alkyl halides is 6. The molecule has 0 bridgehead atoms. The third kappa shape index (κ3) is 7.59. The minimum absolute atomic E-state index is 0.147. The molecule has 216 valence electrons. The molecule has 2 aromatic rings. The van der Waals surface area contributed by atoms with Gasteiger partial charge >= 0.3 is 12.4 Å². The Hall–Kier alpha value is -2.02. The van der Waals surface area contributed by atoms with Gasteiger partial charge in [-0.3, -0.25) is 0 Å². The summed E-state index contributed by atoms with van der Waals surface area (Å²) in [4.78, 5) is 0. The summed E-state index contributed by atoms with van der Waals surface area (Å²) in [5.74, 6) is 1.58. The van der Waals surface area contributed by atoms with E-state index in [-0.39, 0.29) is 11.8 Å². The lowest BCUT2D eigenvalue weighted by atomic mass is 9.75. The zero-order valence-corrected chi connectivity index (χ0v) is 22.8. The van der Waals surface area contributed by atoms with Crippen molar-refractivity contribution in [2.24, 2.45) is 23.7 Å². The summed E-state index contributed by atoms with van der Waals surface area (Å²) in [7, 11) is 0. The van der Waals surface area contributed by atoms with Crippen molar-refractivity contribution < 1.29 is 31.1 Å². The van der Waals surface area contributed by atoms with E-state index in [0.29, 0.717) is 23.0 Å². The Labute approximate surface area is 228 Å². The van der Waals surface area contributed by atoms with Crippen LogP contribution in [0.3, 0.4) is 0 Å². The third-order valence-electron chi connectivity index (χ3n) is 9.22. The first kappa shape index (κ1) is 30.0. The number of hydrogen-bond acceptors (Lipinski definition) is 1. The Morgan fingerprint density at radius 3 is 1.13 bits per heavy atom. The molecule has 39 heavy (non-hydrogen) atoms. The molecule has 0 aromatic heterocycles. The Kier molecular flexibility index (Phi) is 9.72. The summed E-state index contributed by atoms with van der Waals surface area (Å²) in [6.45, 7) is 4.37. The van der Waals surface area contributed by atoms with Crippen LogP contribution in [0.15, 0.2) is 48.5 Å². The average molecular weight is 555 g/mol. The minimum atomic E-state index is -4.42. The fourth-order valence-electron chi connectivity index (χ4n) is 6.60. The molecule has 0 radical (unpaired) electrons. The van der Waals surface area contributed by atoms with Crippen molar-refractivity contribution in [3.8, 4) is 0 Å². The fourth-order valence-corrected chi connectivity index (χ4v) is 6.60. The SMILES string of the molecule is CCC1CCC(C(OC(c2ccc(C(F)(F)F)cc2)C2CCC(CC)CC2)c2ccc(C(F)(F)F)cc2)CC1. The van der Waals surface area contributed by atoms with Crippen LogP contribution < -0.4 is 0 Å². The maximum absolute atomic E-state index is 13.3. The summed E-state index contributed by atoms with van der Waals surface area (Å²) in [5.41, 5.74) is 0.0259. The molecule has 0 heterocycles. The Morgan fingerprint density at radius 2 is 0.872 bits per heavy atom. The van der Waals surface area contributed by atoms with Crippen molar-refractivity contribution in [3.63, 3.8) is 0 Å². The third-order valence-corrected chi connectivity index (χ3v) is 9.22.